The normalized spacial score (nSPS) is 15.1. The number of piperidine rings is 1. The first-order chi connectivity index (χ1) is 13.1. The lowest BCUT2D eigenvalue weighted by atomic mass is 10.0. The van der Waals surface area contributed by atoms with E-state index in [1.807, 2.05) is 54.3 Å². The molecule has 1 atom stereocenters. The third-order valence-corrected chi connectivity index (χ3v) is 5.02. The van der Waals surface area contributed by atoms with Gasteiger partial charge in [-0.3, -0.25) is 4.79 Å². The van der Waals surface area contributed by atoms with Gasteiger partial charge in [0.05, 0.1) is 14.2 Å². The van der Waals surface area contributed by atoms with Gasteiger partial charge in [0.1, 0.15) is 17.5 Å². The molecule has 1 saturated heterocycles. The average molecular weight is 368 g/mol. The highest BCUT2D eigenvalue weighted by atomic mass is 16.5. The Labute approximate surface area is 161 Å². The Balaban J connectivity index is 1.78. The number of benzene rings is 2. The average Bonchev–Trinajstić information content (AvgIpc) is 2.73. The highest BCUT2D eigenvalue weighted by Crippen LogP contribution is 2.33. The zero-order valence-electron chi connectivity index (χ0n) is 16.3. The topological polar surface area (TPSA) is 50.8 Å². The molecule has 3 rings (SSSR count). The van der Waals surface area contributed by atoms with E-state index in [4.69, 9.17) is 9.47 Å². The lowest BCUT2D eigenvalue weighted by Gasteiger charge is -2.29. The highest BCUT2D eigenvalue weighted by Gasteiger charge is 2.22. The van der Waals surface area contributed by atoms with Gasteiger partial charge in [0.15, 0.2) is 0 Å². The van der Waals surface area contributed by atoms with Crippen LogP contribution in [0.1, 0.15) is 26.2 Å². The quantitative estimate of drug-likeness (QED) is 0.831. The van der Waals surface area contributed by atoms with E-state index in [0.717, 1.165) is 54.2 Å². The van der Waals surface area contributed by atoms with Crippen molar-refractivity contribution >= 4 is 11.6 Å². The fourth-order valence-electron chi connectivity index (χ4n) is 3.49. The van der Waals surface area contributed by atoms with E-state index < -0.39 is 0 Å². The van der Waals surface area contributed by atoms with E-state index >= 15 is 0 Å². The van der Waals surface area contributed by atoms with Crippen LogP contribution in [0.3, 0.4) is 0 Å². The zero-order valence-corrected chi connectivity index (χ0v) is 16.3. The number of methoxy groups -OCH3 is 2. The van der Waals surface area contributed by atoms with Crippen molar-refractivity contribution in [1.29, 1.82) is 0 Å². The molecular formula is C22H28N2O3. The number of carbonyl (C=O) groups is 1. The van der Waals surface area contributed by atoms with Gasteiger partial charge in [0.2, 0.25) is 5.91 Å². The standard InChI is InChI=1S/C22H28N2O3/c1-16(22(25)24-13-5-4-6-14-24)23-18-9-12-21(27-3)20(15-18)17-7-10-19(26-2)11-8-17/h7-12,15-16,23H,4-6,13-14H2,1-3H3/t16-/m0/s1. The molecule has 1 fully saturated rings. The summed E-state index contributed by atoms with van der Waals surface area (Å²) in [7, 11) is 3.32. The Bertz CT molecular complexity index is 768. The molecule has 2 aromatic carbocycles. The molecule has 144 valence electrons. The molecule has 1 N–H and O–H groups in total. The molecule has 5 heteroatoms. The molecule has 0 radical (unpaired) electrons. The summed E-state index contributed by atoms with van der Waals surface area (Å²) in [6.45, 7) is 3.66. The lowest BCUT2D eigenvalue weighted by Crippen LogP contribution is -2.43. The fourth-order valence-corrected chi connectivity index (χ4v) is 3.49. The maximum absolute atomic E-state index is 12.7. The number of likely N-dealkylation sites (tertiary alicyclic amines) is 1. The van der Waals surface area contributed by atoms with Crippen molar-refractivity contribution < 1.29 is 14.3 Å². The Morgan fingerprint density at radius 3 is 2.33 bits per heavy atom. The number of hydrogen-bond acceptors (Lipinski definition) is 4. The molecular weight excluding hydrogens is 340 g/mol. The number of ether oxygens (including phenoxy) is 2. The Hall–Kier alpha value is -2.69. The predicted octanol–water partition coefficient (Wildman–Crippen LogP) is 4.18. The lowest BCUT2D eigenvalue weighted by molar-refractivity contribution is -0.132. The van der Waals surface area contributed by atoms with Gasteiger partial charge in [-0.2, -0.15) is 0 Å². The largest absolute Gasteiger partial charge is 0.497 e. The number of carbonyl (C=O) groups excluding carboxylic acids is 1. The van der Waals surface area contributed by atoms with Crippen LogP contribution in [0.15, 0.2) is 42.5 Å². The van der Waals surface area contributed by atoms with Crippen LogP contribution in [0.5, 0.6) is 11.5 Å². The van der Waals surface area contributed by atoms with Crippen molar-refractivity contribution in [3.8, 4) is 22.6 Å². The van der Waals surface area contributed by atoms with E-state index in [2.05, 4.69) is 5.32 Å². The molecule has 2 aromatic rings. The van der Waals surface area contributed by atoms with Gasteiger partial charge in [-0.15, -0.1) is 0 Å². The van der Waals surface area contributed by atoms with E-state index in [9.17, 15) is 4.79 Å². The first-order valence-corrected chi connectivity index (χ1v) is 9.50. The molecule has 1 heterocycles. The van der Waals surface area contributed by atoms with Gasteiger partial charge in [0, 0.05) is 24.3 Å². The van der Waals surface area contributed by atoms with Crippen LogP contribution < -0.4 is 14.8 Å². The van der Waals surface area contributed by atoms with E-state index in [0.29, 0.717) is 0 Å². The molecule has 0 saturated carbocycles. The minimum Gasteiger partial charge on any atom is -0.497 e. The van der Waals surface area contributed by atoms with Crippen molar-refractivity contribution in [2.45, 2.75) is 32.2 Å². The summed E-state index contributed by atoms with van der Waals surface area (Å²) in [5.74, 6) is 1.77. The van der Waals surface area contributed by atoms with Crippen LogP contribution in [0.2, 0.25) is 0 Å². The first kappa shape index (κ1) is 19.1. The third-order valence-electron chi connectivity index (χ3n) is 5.02. The number of nitrogens with zero attached hydrogens (tertiary/aromatic N) is 1. The van der Waals surface area contributed by atoms with Crippen molar-refractivity contribution in [2.24, 2.45) is 0 Å². The van der Waals surface area contributed by atoms with E-state index in [1.54, 1.807) is 14.2 Å². The summed E-state index contributed by atoms with van der Waals surface area (Å²) < 4.78 is 10.8. The van der Waals surface area contributed by atoms with E-state index in [1.165, 1.54) is 6.42 Å². The van der Waals surface area contributed by atoms with Crippen molar-refractivity contribution in [1.82, 2.24) is 4.90 Å². The van der Waals surface area contributed by atoms with Crippen LogP contribution >= 0.6 is 0 Å². The SMILES string of the molecule is COc1ccc(-c2cc(N[C@@H](C)C(=O)N3CCCCC3)ccc2OC)cc1. The molecule has 1 aliphatic rings. The van der Waals surface area contributed by atoms with E-state index in [-0.39, 0.29) is 11.9 Å². The minimum absolute atomic E-state index is 0.163. The van der Waals surface area contributed by atoms with Crippen molar-refractivity contribution in [3.05, 3.63) is 42.5 Å². The van der Waals surface area contributed by atoms with Crippen LogP contribution in [-0.4, -0.2) is 44.2 Å². The molecule has 1 amide bonds. The molecule has 0 bridgehead atoms. The summed E-state index contributed by atoms with van der Waals surface area (Å²) in [5, 5.41) is 3.35. The van der Waals surface area contributed by atoms with Crippen LogP contribution in [0.4, 0.5) is 5.69 Å². The number of amides is 1. The Kier molecular flexibility index (Phi) is 6.22. The molecule has 0 spiro atoms. The van der Waals surface area contributed by atoms with Crippen LogP contribution in [-0.2, 0) is 4.79 Å². The number of rotatable bonds is 6. The van der Waals surface area contributed by atoms with Gasteiger partial charge < -0.3 is 19.7 Å². The molecule has 0 aliphatic carbocycles. The molecule has 0 unspecified atom stereocenters. The molecule has 1 aliphatic heterocycles. The number of anilines is 1. The minimum atomic E-state index is -0.264. The molecule has 0 aromatic heterocycles. The van der Waals surface area contributed by atoms with Crippen LogP contribution in [0, 0.1) is 0 Å². The Morgan fingerprint density at radius 1 is 1.00 bits per heavy atom. The third kappa shape index (κ3) is 4.54. The number of hydrogen-bond donors (Lipinski definition) is 1. The van der Waals surface area contributed by atoms with Gasteiger partial charge in [-0.05, 0) is 62.1 Å². The second-order valence-electron chi connectivity index (χ2n) is 6.90. The maximum Gasteiger partial charge on any atom is 0.244 e. The second-order valence-corrected chi connectivity index (χ2v) is 6.90. The summed E-state index contributed by atoms with van der Waals surface area (Å²) in [5.41, 5.74) is 2.91. The maximum atomic E-state index is 12.7. The molecule has 27 heavy (non-hydrogen) atoms. The second kappa shape index (κ2) is 8.80. The van der Waals surface area contributed by atoms with Gasteiger partial charge in [0.25, 0.3) is 0 Å². The summed E-state index contributed by atoms with van der Waals surface area (Å²) in [6, 6.07) is 13.5. The molecule has 5 nitrogen and oxygen atoms in total. The first-order valence-electron chi connectivity index (χ1n) is 9.50. The smallest absolute Gasteiger partial charge is 0.244 e. The Morgan fingerprint density at radius 2 is 1.70 bits per heavy atom. The monoisotopic (exact) mass is 368 g/mol. The summed E-state index contributed by atoms with van der Waals surface area (Å²) in [4.78, 5) is 14.6. The van der Waals surface area contributed by atoms with Crippen LogP contribution in [0.25, 0.3) is 11.1 Å². The predicted molar refractivity (Wildman–Crippen MR) is 108 cm³/mol. The number of nitrogens with one attached hydrogen (secondary N) is 1. The fraction of sp³-hybridized carbons (Fsp3) is 0.409. The highest BCUT2D eigenvalue weighted by molar-refractivity contribution is 5.85. The van der Waals surface area contributed by atoms with Gasteiger partial charge in [-0.1, -0.05) is 12.1 Å². The van der Waals surface area contributed by atoms with Gasteiger partial charge in [-0.25, -0.2) is 0 Å². The van der Waals surface area contributed by atoms with Gasteiger partial charge >= 0.3 is 0 Å². The zero-order chi connectivity index (χ0) is 19.2. The summed E-state index contributed by atoms with van der Waals surface area (Å²) >= 11 is 0. The summed E-state index contributed by atoms with van der Waals surface area (Å²) in [6.07, 6.45) is 3.42. The van der Waals surface area contributed by atoms with Crippen molar-refractivity contribution in [3.63, 3.8) is 0 Å². The van der Waals surface area contributed by atoms with Crippen molar-refractivity contribution in [2.75, 3.05) is 32.6 Å².